The third-order valence-electron chi connectivity index (χ3n) is 2.14. The fourth-order valence-corrected chi connectivity index (χ4v) is 1.58. The molecule has 0 aliphatic heterocycles. The number of fused-ring (bicyclic) bond motifs is 1. The van der Waals surface area contributed by atoms with Crippen molar-refractivity contribution in [2.75, 3.05) is 0 Å². The van der Waals surface area contributed by atoms with Crippen LogP contribution in [0.5, 0.6) is 5.75 Å². The predicted octanol–water partition coefficient (Wildman–Crippen LogP) is 4.02. The average molecular weight is 200 g/mol. The highest BCUT2D eigenvalue weighted by Crippen LogP contribution is 2.23. The molecule has 0 amide bonds. The monoisotopic (exact) mass is 200 g/mol. The van der Waals surface area contributed by atoms with Crippen LogP contribution in [0, 0.1) is 0 Å². The first-order chi connectivity index (χ1) is 7.04. The Bertz CT molecular complexity index is 466. The topological polar surface area (TPSA) is 9.23 Å². The van der Waals surface area contributed by atoms with E-state index in [1.54, 1.807) is 0 Å². The predicted molar refractivity (Wildman–Crippen MR) is 64.3 cm³/mol. The van der Waals surface area contributed by atoms with Gasteiger partial charge in [-0.25, -0.2) is 0 Å². The van der Waals surface area contributed by atoms with Crippen molar-refractivity contribution in [2.24, 2.45) is 0 Å². The first-order valence-electron chi connectivity index (χ1n) is 5.22. The summed E-state index contributed by atoms with van der Waals surface area (Å²) < 4.78 is 5.81. The van der Waals surface area contributed by atoms with Gasteiger partial charge in [-0.1, -0.05) is 30.3 Å². The van der Waals surface area contributed by atoms with Gasteiger partial charge in [0.15, 0.2) is 0 Å². The molecule has 0 aromatic heterocycles. The zero-order valence-corrected chi connectivity index (χ0v) is 9.45. The third kappa shape index (κ3) is 2.50. The van der Waals surface area contributed by atoms with Crippen molar-refractivity contribution in [3.8, 4) is 5.75 Å². The van der Waals surface area contributed by atoms with Crippen molar-refractivity contribution in [1.29, 1.82) is 0 Å². The fourth-order valence-electron chi connectivity index (χ4n) is 1.58. The maximum absolute atomic E-state index is 5.81. The van der Waals surface area contributed by atoms with Crippen LogP contribution in [0.4, 0.5) is 0 Å². The van der Waals surface area contributed by atoms with Crippen LogP contribution in [0.1, 0.15) is 20.8 Å². The summed E-state index contributed by atoms with van der Waals surface area (Å²) >= 11 is 0. The molecule has 0 saturated carbocycles. The Hall–Kier alpha value is -1.50. The molecule has 0 saturated heterocycles. The first kappa shape index (κ1) is 10.0. The van der Waals surface area contributed by atoms with Gasteiger partial charge in [-0.15, -0.1) is 0 Å². The molecule has 2 aromatic carbocycles. The number of ether oxygens (including phenoxy) is 1. The summed E-state index contributed by atoms with van der Waals surface area (Å²) in [6.45, 7) is 6.17. The van der Waals surface area contributed by atoms with Gasteiger partial charge in [0, 0.05) is 0 Å². The molecule has 1 nitrogen and oxygen atoms in total. The van der Waals surface area contributed by atoms with Crippen molar-refractivity contribution in [2.45, 2.75) is 26.4 Å². The van der Waals surface area contributed by atoms with Crippen LogP contribution in [-0.2, 0) is 0 Å². The summed E-state index contributed by atoms with van der Waals surface area (Å²) in [5.74, 6) is 0.932. The molecular weight excluding hydrogens is 184 g/mol. The largest absolute Gasteiger partial charge is 0.488 e. The highest BCUT2D eigenvalue weighted by Gasteiger charge is 2.11. The minimum Gasteiger partial charge on any atom is -0.488 e. The van der Waals surface area contributed by atoms with Crippen LogP contribution in [-0.4, -0.2) is 5.60 Å². The molecular formula is C14H16O. The van der Waals surface area contributed by atoms with E-state index in [1.165, 1.54) is 10.8 Å². The van der Waals surface area contributed by atoms with E-state index >= 15 is 0 Å². The molecule has 0 heterocycles. The molecule has 0 aliphatic rings. The Morgan fingerprint density at radius 1 is 0.867 bits per heavy atom. The van der Waals surface area contributed by atoms with Gasteiger partial charge in [0.05, 0.1) is 0 Å². The summed E-state index contributed by atoms with van der Waals surface area (Å²) in [5, 5.41) is 2.47. The minimum atomic E-state index is -0.136. The first-order valence-corrected chi connectivity index (χ1v) is 5.22. The van der Waals surface area contributed by atoms with Crippen molar-refractivity contribution in [1.82, 2.24) is 0 Å². The van der Waals surface area contributed by atoms with E-state index in [2.05, 4.69) is 45.0 Å². The van der Waals surface area contributed by atoms with E-state index in [0.717, 1.165) is 5.75 Å². The number of hydrogen-bond acceptors (Lipinski definition) is 1. The van der Waals surface area contributed by atoms with Gasteiger partial charge >= 0.3 is 0 Å². The van der Waals surface area contributed by atoms with Crippen LogP contribution in [0.25, 0.3) is 10.8 Å². The van der Waals surface area contributed by atoms with E-state index in [1.807, 2.05) is 18.2 Å². The Labute approximate surface area is 90.7 Å². The Morgan fingerprint density at radius 3 is 2.20 bits per heavy atom. The zero-order chi connectivity index (χ0) is 10.9. The molecule has 2 aromatic rings. The molecule has 0 N–H and O–H groups in total. The van der Waals surface area contributed by atoms with Gasteiger partial charge in [0.1, 0.15) is 11.4 Å². The highest BCUT2D eigenvalue weighted by atomic mass is 16.5. The molecule has 0 aliphatic carbocycles. The number of benzene rings is 2. The second-order valence-corrected chi connectivity index (χ2v) is 4.72. The maximum Gasteiger partial charge on any atom is 0.120 e. The Balaban J connectivity index is 2.39. The van der Waals surface area contributed by atoms with Gasteiger partial charge in [-0.3, -0.25) is 0 Å². The quantitative estimate of drug-likeness (QED) is 0.675. The molecule has 0 bridgehead atoms. The summed E-state index contributed by atoms with van der Waals surface area (Å²) in [5.41, 5.74) is -0.136. The minimum absolute atomic E-state index is 0.136. The van der Waals surface area contributed by atoms with Gasteiger partial charge in [-0.05, 0) is 43.7 Å². The van der Waals surface area contributed by atoms with Crippen molar-refractivity contribution < 1.29 is 4.74 Å². The van der Waals surface area contributed by atoms with E-state index in [4.69, 9.17) is 4.74 Å². The molecule has 0 radical (unpaired) electrons. The van der Waals surface area contributed by atoms with E-state index < -0.39 is 0 Å². The second kappa shape index (κ2) is 3.58. The van der Waals surface area contributed by atoms with Crippen LogP contribution in [0.3, 0.4) is 0 Å². The van der Waals surface area contributed by atoms with E-state index in [9.17, 15) is 0 Å². The summed E-state index contributed by atoms with van der Waals surface area (Å²) in [4.78, 5) is 0. The van der Waals surface area contributed by atoms with Gasteiger partial charge in [-0.2, -0.15) is 0 Å². The molecule has 1 heteroatoms. The van der Waals surface area contributed by atoms with Crippen LogP contribution < -0.4 is 4.74 Å². The summed E-state index contributed by atoms with van der Waals surface area (Å²) in [7, 11) is 0. The van der Waals surface area contributed by atoms with Crippen molar-refractivity contribution in [3.05, 3.63) is 42.5 Å². The van der Waals surface area contributed by atoms with Crippen molar-refractivity contribution in [3.63, 3.8) is 0 Å². The van der Waals surface area contributed by atoms with Crippen LogP contribution in [0.15, 0.2) is 42.5 Å². The number of rotatable bonds is 1. The van der Waals surface area contributed by atoms with Crippen LogP contribution >= 0.6 is 0 Å². The molecule has 0 fully saturated rings. The lowest BCUT2D eigenvalue weighted by Crippen LogP contribution is -2.22. The lowest BCUT2D eigenvalue weighted by atomic mass is 10.1. The van der Waals surface area contributed by atoms with Crippen molar-refractivity contribution >= 4 is 10.8 Å². The molecule has 15 heavy (non-hydrogen) atoms. The van der Waals surface area contributed by atoms with Crippen LogP contribution in [0.2, 0.25) is 0 Å². The smallest absolute Gasteiger partial charge is 0.120 e. The Morgan fingerprint density at radius 2 is 1.53 bits per heavy atom. The third-order valence-corrected chi connectivity index (χ3v) is 2.14. The summed E-state index contributed by atoms with van der Waals surface area (Å²) in [6.07, 6.45) is 0. The van der Waals surface area contributed by atoms with E-state index in [-0.39, 0.29) is 5.60 Å². The van der Waals surface area contributed by atoms with Gasteiger partial charge < -0.3 is 4.74 Å². The molecule has 0 unspecified atom stereocenters. The highest BCUT2D eigenvalue weighted by molar-refractivity contribution is 5.83. The normalized spacial score (nSPS) is 11.7. The average Bonchev–Trinajstić information content (AvgIpc) is 2.15. The van der Waals surface area contributed by atoms with Gasteiger partial charge in [0.25, 0.3) is 0 Å². The lowest BCUT2D eigenvalue weighted by molar-refractivity contribution is 0.131. The standard InChI is InChI=1S/C14H16O/c1-14(2,3)15-13-9-8-11-6-4-5-7-12(11)10-13/h4-10H,1-3H3. The number of hydrogen-bond donors (Lipinski definition) is 0. The molecule has 78 valence electrons. The zero-order valence-electron chi connectivity index (χ0n) is 9.45. The van der Waals surface area contributed by atoms with Gasteiger partial charge in [0.2, 0.25) is 0 Å². The molecule has 0 spiro atoms. The SMILES string of the molecule is CC(C)(C)Oc1ccc2ccccc2c1. The molecule has 2 rings (SSSR count). The van der Waals surface area contributed by atoms with E-state index in [0.29, 0.717) is 0 Å². The molecule has 0 atom stereocenters. The maximum atomic E-state index is 5.81. The Kier molecular flexibility index (Phi) is 2.39. The fraction of sp³-hybridized carbons (Fsp3) is 0.286. The second-order valence-electron chi connectivity index (χ2n) is 4.72. The lowest BCUT2D eigenvalue weighted by Gasteiger charge is -2.21. The summed E-state index contributed by atoms with van der Waals surface area (Å²) in [6, 6.07) is 14.5.